The molecule has 4 heteroatoms. The molecule has 70 heavy (non-hydrogen) atoms. The van der Waals surface area contributed by atoms with Gasteiger partial charge in [0.05, 0.1) is 22.8 Å². The molecule has 2 heterocycles. The van der Waals surface area contributed by atoms with E-state index in [4.69, 9.17) is 8.83 Å². The topological polar surface area (TPSA) is 32.8 Å². The fourth-order valence-electron chi connectivity index (χ4n) is 12.2. The Hall–Kier alpha value is -7.30. The number of rotatable bonds is 9. The van der Waals surface area contributed by atoms with Crippen molar-refractivity contribution in [2.24, 2.45) is 0 Å². The maximum Gasteiger partial charge on any atom is 0.159 e. The fourth-order valence-corrected chi connectivity index (χ4v) is 12.2. The molecule has 0 atom stereocenters. The molecule has 0 aliphatic heterocycles. The molecule has 11 aromatic rings. The van der Waals surface area contributed by atoms with Gasteiger partial charge in [-0.2, -0.15) is 0 Å². The lowest BCUT2D eigenvalue weighted by Crippen LogP contribution is -2.19. The van der Waals surface area contributed by atoms with E-state index in [0.29, 0.717) is 0 Å². The van der Waals surface area contributed by atoms with E-state index in [1.54, 1.807) is 0 Å². The Morgan fingerprint density at radius 3 is 1.63 bits per heavy atom. The third kappa shape index (κ3) is 6.77. The minimum atomic E-state index is -0.0870. The second-order valence-electron chi connectivity index (χ2n) is 21.9. The Balaban J connectivity index is 1.11. The lowest BCUT2D eigenvalue weighted by molar-refractivity contribution is 0.466. The van der Waals surface area contributed by atoms with Crippen LogP contribution in [0.4, 0.5) is 28.4 Å². The molecule has 0 spiro atoms. The van der Waals surface area contributed by atoms with Gasteiger partial charge in [0.25, 0.3) is 0 Å². The number of furan rings is 2. The maximum atomic E-state index is 7.27. The van der Waals surface area contributed by atoms with Crippen molar-refractivity contribution in [1.82, 2.24) is 0 Å². The summed E-state index contributed by atoms with van der Waals surface area (Å²) in [7, 11) is 0. The van der Waals surface area contributed by atoms with Crippen molar-refractivity contribution in [3.05, 3.63) is 190 Å². The van der Waals surface area contributed by atoms with Crippen molar-refractivity contribution in [3.63, 3.8) is 0 Å². The molecular formula is C66H62N2O2. The largest absolute Gasteiger partial charge is 0.454 e. The predicted molar refractivity (Wildman–Crippen MR) is 299 cm³/mol. The molecule has 4 nitrogen and oxygen atoms in total. The fraction of sp³-hybridized carbons (Fsp3) is 0.242. The highest BCUT2D eigenvalue weighted by Crippen LogP contribution is 2.52. The first-order valence-corrected chi connectivity index (χ1v) is 25.4. The summed E-state index contributed by atoms with van der Waals surface area (Å²) in [4.78, 5) is 4.96. The number of hydrogen-bond donors (Lipinski definition) is 0. The average molecular weight is 915 g/mol. The van der Waals surface area contributed by atoms with Crippen molar-refractivity contribution in [3.8, 4) is 0 Å². The van der Waals surface area contributed by atoms with Crippen LogP contribution in [-0.4, -0.2) is 0 Å². The van der Waals surface area contributed by atoms with Crippen molar-refractivity contribution in [2.75, 3.05) is 9.80 Å². The molecule has 0 saturated heterocycles. The van der Waals surface area contributed by atoms with E-state index in [0.717, 1.165) is 93.1 Å². The average Bonchev–Trinajstić information content (AvgIpc) is 3.92. The Morgan fingerprint density at radius 1 is 0.486 bits per heavy atom. The van der Waals surface area contributed by atoms with Crippen LogP contribution in [0.2, 0.25) is 0 Å². The molecule has 0 amide bonds. The highest BCUT2D eigenvalue weighted by molar-refractivity contribution is 6.28. The molecule has 9 aromatic carbocycles. The standard InChI is InChI=1S/C66H62N2O2/c1-11-36-66(9,10)52-21-13-17-46-48-19-15-23-58(64(48)70-62(46)52)68(54-33-25-40(3)38-42(54)5)56-35-29-44-26-30-49-55(34-28-43-27-31-50(56)60(44)59(43)49)67(53-32-24-39(2)37-41(53)4)57-22-14-18-47-45-16-12-20-51(65(6,7)8)61(45)69-63(47)57/h12-14,16-18,20-35,37-38H,11,15,19,36H2,1-10H3. The number of fused-ring (bicyclic) bond motifs is 6. The van der Waals surface area contributed by atoms with Gasteiger partial charge in [0.2, 0.25) is 0 Å². The first-order valence-electron chi connectivity index (χ1n) is 25.4. The minimum absolute atomic E-state index is 0.0150. The minimum Gasteiger partial charge on any atom is -0.454 e. The molecule has 348 valence electrons. The van der Waals surface area contributed by atoms with E-state index in [1.165, 1.54) is 76.6 Å². The number of allylic oxidation sites excluding steroid dienone is 1. The van der Waals surface area contributed by atoms with Crippen LogP contribution in [0, 0.1) is 27.7 Å². The summed E-state index contributed by atoms with van der Waals surface area (Å²) < 4.78 is 14.4. The number of para-hydroxylation sites is 3. The molecule has 0 saturated carbocycles. The van der Waals surface area contributed by atoms with Crippen molar-refractivity contribution in [2.45, 2.75) is 106 Å². The summed E-state index contributed by atoms with van der Waals surface area (Å²) in [6, 6.07) is 52.4. The van der Waals surface area contributed by atoms with Crippen molar-refractivity contribution >= 4 is 99.4 Å². The van der Waals surface area contributed by atoms with Crippen LogP contribution < -0.4 is 9.80 Å². The molecule has 0 bridgehead atoms. The molecule has 0 radical (unpaired) electrons. The van der Waals surface area contributed by atoms with Gasteiger partial charge in [-0.05, 0) is 121 Å². The summed E-state index contributed by atoms with van der Waals surface area (Å²) in [6.45, 7) is 22.6. The SMILES string of the molecule is CCCC(C)(C)c1cccc2c3c(oc12)C(N(c1ccc(C)cc1C)c1ccc2ccc4c(N(c5ccc(C)cc5C)c5cccc6c5oc5c(C(C)(C)C)cccc56)ccc5ccc1c2c54)=CCC3. The smallest absolute Gasteiger partial charge is 0.159 e. The van der Waals surface area contributed by atoms with Gasteiger partial charge in [0.15, 0.2) is 11.3 Å². The molecule has 2 aromatic heterocycles. The van der Waals surface area contributed by atoms with Gasteiger partial charge in [-0.15, -0.1) is 0 Å². The Morgan fingerprint density at radius 2 is 1.01 bits per heavy atom. The van der Waals surface area contributed by atoms with Gasteiger partial charge in [-0.25, -0.2) is 0 Å². The summed E-state index contributed by atoms with van der Waals surface area (Å²) in [6.07, 6.45) is 6.50. The molecule has 12 rings (SSSR count). The zero-order chi connectivity index (χ0) is 48.4. The number of benzene rings is 9. The van der Waals surface area contributed by atoms with E-state index in [2.05, 4.69) is 225 Å². The van der Waals surface area contributed by atoms with Gasteiger partial charge < -0.3 is 18.6 Å². The summed E-state index contributed by atoms with van der Waals surface area (Å²) in [5.41, 5.74) is 18.1. The first kappa shape index (κ1) is 43.9. The van der Waals surface area contributed by atoms with Gasteiger partial charge in [0, 0.05) is 55.0 Å². The molecule has 0 unspecified atom stereocenters. The Kier molecular flexibility index (Phi) is 10.1. The lowest BCUT2D eigenvalue weighted by atomic mass is 9.80. The highest BCUT2D eigenvalue weighted by atomic mass is 16.3. The van der Waals surface area contributed by atoms with Gasteiger partial charge in [-0.3, -0.25) is 0 Å². The third-order valence-electron chi connectivity index (χ3n) is 15.5. The zero-order valence-electron chi connectivity index (χ0n) is 42.4. The Bertz CT molecular complexity index is 3920. The number of nitrogens with zero attached hydrogens (tertiary/aromatic N) is 2. The third-order valence-corrected chi connectivity index (χ3v) is 15.5. The van der Waals surface area contributed by atoms with Gasteiger partial charge >= 0.3 is 0 Å². The van der Waals surface area contributed by atoms with Crippen LogP contribution in [0.25, 0.3) is 70.9 Å². The van der Waals surface area contributed by atoms with E-state index >= 15 is 0 Å². The molecular weight excluding hydrogens is 853 g/mol. The quantitative estimate of drug-likeness (QED) is 0.135. The van der Waals surface area contributed by atoms with Gasteiger partial charge in [0.1, 0.15) is 11.2 Å². The normalized spacial score (nSPS) is 13.4. The van der Waals surface area contributed by atoms with Crippen LogP contribution in [-0.2, 0) is 17.3 Å². The van der Waals surface area contributed by atoms with E-state index < -0.39 is 0 Å². The highest BCUT2D eigenvalue weighted by Gasteiger charge is 2.33. The van der Waals surface area contributed by atoms with Crippen LogP contribution in [0.3, 0.4) is 0 Å². The second-order valence-corrected chi connectivity index (χ2v) is 21.9. The van der Waals surface area contributed by atoms with E-state index in [9.17, 15) is 0 Å². The first-order chi connectivity index (χ1) is 33.7. The summed E-state index contributed by atoms with van der Waals surface area (Å²) in [5.74, 6) is 0.979. The monoisotopic (exact) mass is 914 g/mol. The van der Waals surface area contributed by atoms with Crippen LogP contribution in [0.15, 0.2) is 154 Å². The van der Waals surface area contributed by atoms with E-state index in [-0.39, 0.29) is 10.8 Å². The van der Waals surface area contributed by atoms with Crippen LogP contribution in [0.5, 0.6) is 0 Å². The van der Waals surface area contributed by atoms with Gasteiger partial charge in [-0.1, -0.05) is 174 Å². The van der Waals surface area contributed by atoms with E-state index in [1.807, 2.05) is 0 Å². The number of hydrogen-bond acceptors (Lipinski definition) is 4. The maximum absolute atomic E-state index is 7.27. The Labute approximate surface area is 412 Å². The predicted octanol–water partition coefficient (Wildman–Crippen LogP) is 19.4. The molecule has 1 aliphatic carbocycles. The number of anilines is 5. The van der Waals surface area contributed by atoms with Crippen LogP contribution >= 0.6 is 0 Å². The second kappa shape index (κ2) is 16.1. The summed E-state index contributed by atoms with van der Waals surface area (Å²) in [5, 5.41) is 10.8. The number of aryl methyl sites for hydroxylation is 5. The van der Waals surface area contributed by atoms with Crippen LogP contribution in [0.1, 0.15) is 106 Å². The van der Waals surface area contributed by atoms with Crippen molar-refractivity contribution < 1.29 is 8.83 Å². The van der Waals surface area contributed by atoms with Crippen molar-refractivity contribution in [1.29, 1.82) is 0 Å². The lowest BCUT2D eigenvalue weighted by Gasteiger charge is -2.32. The summed E-state index contributed by atoms with van der Waals surface area (Å²) >= 11 is 0. The molecule has 1 aliphatic rings. The molecule has 0 N–H and O–H groups in total. The molecule has 0 fully saturated rings. The zero-order valence-corrected chi connectivity index (χ0v) is 42.4.